The van der Waals surface area contributed by atoms with E-state index in [4.69, 9.17) is 11.6 Å². The highest BCUT2D eigenvalue weighted by molar-refractivity contribution is 6.33. The van der Waals surface area contributed by atoms with Crippen LogP contribution in [0.15, 0.2) is 24.3 Å². The van der Waals surface area contributed by atoms with Gasteiger partial charge in [-0.1, -0.05) is 49.7 Å². The van der Waals surface area contributed by atoms with Crippen LogP contribution in [0.25, 0.3) is 0 Å². The monoisotopic (exact) mass is 333 g/mol. The quantitative estimate of drug-likeness (QED) is 0.907. The first-order valence-corrected chi connectivity index (χ1v) is 8.07. The second kappa shape index (κ2) is 5.98. The first-order chi connectivity index (χ1) is 10.9. The fourth-order valence-electron chi connectivity index (χ4n) is 3.10. The maximum Gasteiger partial charge on any atom is 0.256 e. The van der Waals surface area contributed by atoms with Gasteiger partial charge in [0, 0.05) is 13.5 Å². The summed E-state index contributed by atoms with van der Waals surface area (Å²) < 4.78 is 1.50. The first-order valence-electron chi connectivity index (χ1n) is 7.69. The summed E-state index contributed by atoms with van der Waals surface area (Å²) in [5.41, 5.74) is 3.07. The number of aromatic nitrogens is 2. The van der Waals surface area contributed by atoms with Gasteiger partial charge >= 0.3 is 0 Å². The van der Waals surface area contributed by atoms with Gasteiger partial charge in [0.15, 0.2) is 0 Å². The molecular weight excluding hydrogens is 314 g/mol. The largest absolute Gasteiger partial charge is 0.390 e. The zero-order valence-corrected chi connectivity index (χ0v) is 14.1. The average Bonchev–Trinajstić information content (AvgIpc) is 2.97. The zero-order valence-electron chi connectivity index (χ0n) is 13.4. The zero-order chi connectivity index (χ0) is 16.7. The molecule has 2 atom stereocenters. The van der Waals surface area contributed by atoms with Gasteiger partial charge in [-0.25, -0.2) is 0 Å². The van der Waals surface area contributed by atoms with Gasteiger partial charge in [0.2, 0.25) is 0 Å². The van der Waals surface area contributed by atoms with Gasteiger partial charge in [0.25, 0.3) is 5.91 Å². The van der Waals surface area contributed by atoms with E-state index in [1.54, 1.807) is 7.05 Å². The summed E-state index contributed by atoms with van der Waals surface area (Å²) in [6, 6.07) is 7.33. The lowest BCUT2D eigenvalue weighted by molar-refractivity contribution is 0.0857. The molecule has 0 unspecified atom stereocenters. The minimum atomic E-state index is -0.630. The number of hydrogen-bond acceptors (Lipinski definition) is 3. The summed E-state index contributed by atoms with van der Waals surface area (Å²) in [6.45, 7) is 3.93. The Morgan fingerprint density at radius 1 is 1.43 bits per heavy atom. The molecule has 1 aromatic carbocycles. The van der Waals surface area contributed by atoms with E-state index in [1.807, 2.05) is 38.1 Å². The van der Waals surface area contributed by atoms with Crippen LogP contribution in [0, 0.1) is 0 Å². The van der Waals surface area contributed by atoms with E-state index >= 15 is 0 Å². The summed E-state index contributed by atoms with van der Waals surface area (Å²) in [5, 5.41) is 17.9. The first kappa shape index (κ1) is 16.0. The molecule has 3 rings (SSSR count). The standard InChI is InChI=1S/C17H20ClN3O2/c1-9(2)14-13(16(18)21(3)20-14)17(23)19-15-11-7-5-4-6-10(11)8-12(15)22/h4-7,9,12,15,22H,8H2,1-3H3,(H,19,23)/t12-,15+/m1/s1. The molecule has 5 nitrogen and oxygen atoms in total. The Labute approximate surface area is 140 Å². The Balaban J connectivity index is 1.92. The predicted molar refractivity (Wildman–Crippen MR) is 88.7 cm³/mol. The second-order valence-electron chi connectivity index (χ2n) is 6.25. The number of fused-ring (bicyclic) bond motifs is 1. The number of nitrogens with zero attached hydrogens (tertiary/aromatic N) is 2. The van der Waals surface area contributed by atoms with E-state index in [-0.39, 0.29) is 11.8 Å². The summed E-state index contributed by atoms with van der Waals surface area (Å²) in [4.78, 5) is 12.8. The van der Waals surface area contributed by atoms with Crippen LogP contribution >= 0.6 is 11.6 Å². The average molecular weight is 334 g/mol. The van der Waals surface area contributed by atoms with Crippen LogP contribution in [-0.2, 0) is 13.5 Å². The lowest BCUT2D eigenvalue weighted by Gasteiger charge is -2.18. The maximum atomic E-state index is 12.8. The van der Waals surface area contributed by atoms with Crippen molar-refractivity contribution in [3.8, 4) is 0 Å². The van der Waals surface area contributed by atoms with Gasteiger partial charge in [-0.05, 0) is 17.0 Å². The number of nitrogens with one attached hydrogen (secondary N) is 1. The summed E-state index contributed by atoms with van der Waals surface area (Å²) in [6.07, 6.45) is -0.0897. The van der Waals surface area contributed by atoms with Gasteiger partial charge in [0.05, 0.1) is 23.4 Å². The molecule has 2 aromatic rings. The fraction of sp³-hybridized carbons (Fsp3) is 0.412. The Kier molecular flexibility index (Phi) is 4.17. The minimum absolute atomic E-state index is 0.0789. The topological polar surface area (TPSA) is 67.2 Å². The minimum Gasteiger partial charge on any atom is -0.390 e. The van der Waals surface area contributed by atoms with Gasteiger partial charge < -0.3 is 10.4 Å². The van der Waals surface area contributed by atoms with Crippen molar-refractivity contribution in [2.24, 2.45) is 7.05 Å². The SMILES string of the molecule is CC(C)c1nn(C)c(Cl)c1C(=O)N[C@H]1c2ccccc2C[C@H]1O. The van der Waals surface area contributed by atoms with Crippen LogP contribution in [0.1, 0.15) is 53.0 Å². The van der Waals surface area contributed by atoms with Gasteiger partial charge in [-0.15, -0.1) is 0 Å². The van der Waals surface area contributed by atoms with Crippen LogP contribution < -0.4 is 5.32 Å². The number of carbonyl (C=O) groups excluding carboxylic acids is 1. The molecule has 1 amide bonds. The third-order valence-electron chi connectivity index (χ3n) is 4.27. The van der Waals surface area contributed by atoms with E-state index in [0.717, 1.165) is 11.1 Å². The molecule has 0 saturated heterocycles. The van der Waals surface area contributed by atoms with Crippen LogP contribution in [0.4, 0.5) is 0 Å². The number of carbonyl (C=O) groups is 1. The van der Waals surface area contributed by atoms with Crippen molar-refractivity contribution in [1.82, 2.24) is 15.1 Å². The van der Waals surface area contributed by atoms with Crippen LogP contribution in [-0.4, -0.2) is 26.9 Å². The highest BCUT2D eigenvalue weighted by Gasteiger charge is 2.34. The van der Waals surface area contributed by atoms with Crippen molar-refractivity contribution in [3.05, 3.63) is 51.8 Å². The molecule has 23 heavy (non-hydrogen) atoms. The molecule has 0 spiro atoms. The summed E-state index contributed by atoms with van der Waals surface area (Å²) in [7, 11) is 1.71. The fourth-order valence-corrected chi connectivity index (χ4v) is 3.32. The third-order valence-corrected chi connectivity index (χ3v) is 4.70. The van der Waals surface area contributed by atoms with Gasteiger partial charge in [-0.3, -0.25) is 9.48 Å². The molecule has 122 valence electrons. The smallest absolute Gasteiger partial charge is 0.256 e. The number of aliphatic hydroxyl groups excluding tert-OH is 1. The van der Waals surface area contributed by atoms with Gasteiger partial charge in [0.1, 0.15) is 5.15 Å². The van der Waals surface area contributed by atoms with Crippen molar-refractivity contribution in [1.29, 1.82) is 0 Å². The summed E-state index contributed by atoms with van der Waals surface area (Å²) >= 11 is 6.25. The van der Waals surface area contributed by atoms with E-state index in [9.17, 15) is 9.90 Å². The lowest BCUT2D eigenvalue weighted by Crippen LogP contribution is -2.34. The molecule has 1 heterocycles. The van der Waals surface area contributed by atoms with Crippen LogP contribution in [0.2, 0.25) is 5.15 Å². The van der Waals surface area contributed by atoms with E-state index in [1.165, 1.54) is 4.68 Å². The van der Waals surface area contributed by atoms with Gasteiger partial charge in [-0.2, -0.15) is 5.10 Å². The molecular formula is C17H20ClN3O2. The maximum absolute atomic E-state index is 12.8. The molecule has 0 bridgehead atoms. The summed E-state index contributed by atoms with van der Waals surface area (Å²) in [5.74, 6) is -0.220. The molecule has 1 aliphatic carbocycles. The normalized spacial score (nSPS) is 19.9. The number of rotatable bonds is 3. The number of aryl methyl sites for hydroxylation is 1. The van der Waals surface area contributed by atoms with E-state index in [2.05, 4.69) is 10.4 Å². The Morgan fingerprint density at radius 3 is 2.83 bits per heavy atom. The van der Waals surface area contributed by atoms with Crippen molar-refractivity contribution in [3.63, 3.8) is 0 Å². The third kappa shape index (κ3) is 2.75. The molecule has 0 saturated carbocycles. The number of aliphatic hydroxyl groups is 1. The Bertz CT molecular complexity index is 754. The Hall–Kier alpha value is -1.85. The van der Waals surface area contributed by atoms with Crippen LogP contribution in [0.3, 0.4) is 0 Å². The molecule has 0 aliphatic heterocycles. The number of benzene rings is 1. The van der Waals surface area contributed by atoms with E-state index in [0.29, 0.717) is 22.8 Å². The molecule has 6 heteroatoms. The van der Waals surface area contributed by atoms with Crippen molar-refractivity contribution < 1.29 is 9.90 Å². The Morgan fingerprint density at radius 2 is 2.13 bits per heavy atom. The van der Waals surface area contributed by atoms with Crippen molar-refractivity contribution in [2.45, 2.75) is 38.3 Å². The van der Waals surface area contributed by atoms with Crippen LogP contribution in [0.5, 0.6) is 0 Å². The number of hydrogen-bond donors (Lipinski definition) is 2. The number of amides is 1. The molecule has 0 radical (unpaired) electrons. The second-order valence-corrected chi connectivity index (χ2v) is 6.61. The number of halogens is 1. The highest BCUT2D eigenvalue weighted by Crippen LogP contribution is 2.32. The van der Waals surface area contributed by atoms with Crippen molar-refractivity contribution >= 4 is 17.5 Å². The molecule has 1 aliphatic rings. The molecule has 2 N–H and O–H groups in total. The molecule has 0 fully saturated rings. The predicted octanol–water partition coefficient (Wildman–Crippen LogP) is 2.59. The highest BCUT2D eigenvalue weighted by atomic mass is 35.5. The molecule has 1 aromatic heterocycles. The van der Waals surface area contributed by atoms with Crippen molar-refractivity contribution in [2.75, 3.05) is 0 Å². The lowest BCUT2D eigenvalue weighted by atomic mass is 10.0. The van der Waals surface area contributed by atoms with E-state index < -0.39 is 12.1 Å².